The molecule has 2 heterocycles. The maximum Gasteiger partial charge on any atom is 0.276 e. The number of rotatable bonds is 4. The Labute approximate surface area is 142 Å². The highest BCUT2D eigenvalue weighted by Gasteiger charge is 2.28. The van der Waals surface area contributed by atoms with Crippen molar-refractivity contribution in [3.63, 3.8) is 0 Å². The smallest absolute Gasteiger partial charge is 0.276 e. The molecule has 2 N–H and O–H groups in total. The number of nitrogens with zero attached hydrogens (tertiary/aromatic N) is 2. The van der Waals surface area contributed by atoms with Gasteiger partial charge in [0.05, 0.1) is 17.2 Å². The first-order chi connectivity index (χ1) is 11.8. The normalized spacial score (nSPS) is 18.7. The zero-order chi connectivity index (χ0) is 18.0. The van der Waals surface area contributed by atoms with Gasteiger partial charge in [-0.3, -0.25) is 4.79 Å². The second-order valence-corrected chi connectivity index (χ2v) is 7.86. The van der Waals surface area contributed by atoms with Crippen LogP contribution in [0.3, 0.4) is 0 Å². The lowest BCUT2D eigenvalue weighted by atomic mass is 10.2. The number of hydrogen-bond donors (Lipinski definition) is 2. The van der Waals surface area contributed by atoms with Gasteiger partial charge in [-0.25, -0.2) is 17.2 Å². The van der Waals surface area contributed by atoms with Crippen LogP contribution in [-0.2, 0) is 9.84 Å². The van der Waals surface area contributed by atoms with E-state index in [1.165, 1.54) is 12.1 Å². The molecule has 1 aromatic heterocycles. The fourth-order valence-electron chi connectivity index (χ4n) is 2.43. The van der Waals surface area contributed by atoms with Crippen molar-refractivity contribution in [2.75, 3.05) is 22.1 Å². The van der Waals surface area contributed by atoms with Crippen LogP contribution in [0, 0.1) is 11.6 Å². The number of anilines is 2. The summed E-state index contributed by atoms with van der Waals surface area (Å²) < 4.78 is 49.2. The van der Waals surface area contributed by atoms with Crippen molar-refractivity contribution in [2.45, 2.75) is 12.5 Å². The second kappa shape index (κ2) is 6.71. The average molecular weight is 368 g/mol. The Bertz CT molecular complexity index is 903. The van der Waals surface area contributed by atoms with Gasteiger partial charge in [0, 0.05) is 12.1 Å². The summed E-state index contributed by atoms with van der Waals surface area (Å²) >= 11 is 0. The summed E-state index contributed by atoms with van der Waals surface area (Å²) in [6.07, 6.45) is 0.482. The topological polar surface area (TPSA) is 101 Å². The molecule has 0 bridgehead atoms. The Morgan fingerprint density at radius 1 is 1.16 bits per heavy atom. The molecule has 0 saturated carbocycles. The van der Waals surface area contributed by atoms with Gasteiger partial charge in [-0.1, -0.05) is 0 Å². The van der Waals surface area contributed by atoms with E-state index in [0.717, 1.165) is 12.1 Å². The molecule has 1 unspecified atom stereocenters. The molecule has 1 atom stereocenters. The van der Waals surface area contributed by atoms with E-state index in [9.17, 15) is 22.0 Å². The predicted molar refractivity (Wildman–Crippen MR) is 87.0 cm³/mol. The van der Waals surface area contributed by atoms with Crippen molar-refractivity contribution in [3.05, 3.63) is 47.7 Å². The molecule has 132 valence electrons. The van der Waals surface area contributed by atoms with Gasteiger partial charge in [0.2, 0.25) is 0 Å². The lowest BCUT2D eigenvalue weighted by molar-refractivity contribution is 0.102. The molecule has 1 saturated heterocycles. The van der Waals surface area contributed by atoms with Crippen LogP contribution in [0.1, 0.15) is 16.9 Å². The third kappa shape index (κ3) is 4.27. The van der Waals surface area contributed by atoms with Gasteiger partial charge in [-0.15, -0.1) is 10.2 Å². The lowest BCUT2D eigenvalue weighted by Gasteiger charge is -2.11. The second-order valence-electron chi connectivity index (χ2n) is 5.63. The van der Waals surface area contributed by atoms with E-state index in [-0.39, 0.29) is 28.9 Å². The summed E-state index contributed by atoms with van der Waals surface area (Å²) in [5, 5.41) is 12.8. The highest BCUT2D eigenvalue weighted by Crippen LogP contribution is 2.17. The van der Waals surface area contributed by atoms with Gasteiger partial charge >= 0.3 is 0 Å². The van der Waals surface area contributed by atoms with E-state index in [1.807, 2.05) is 0 Å². The van der Waals surface area contributed by atoms with Gasteiger partial charge in [0.15, 0.2) is 15.5 Å². The maximum absolute atomic E-state index is 13.5. The zero-order valence-electron chi connectivity index (χ0n) is 12.9. The van der Waals surface area contributed by atoms with Gasteiger partial charge in [0.25, 0.3) is 5.91 Å². The van der Waals surface area contributed by atoms with Crippen molar-refractivity contribution in [2.24, 2.45) is 0 Å². The van der Waals surface area contributed by atoms with Crippen LogP contribution in [0.5, 0.6) is 0 Å². The third-order valence-corrected chi connectivity index (χ3v) is 5.43. The Morgan fingerprint density at radius 3 is 2.56 bits per heavy atom. The zero-order valence-corrected chi connectivity index (χ0v) is 13.7. The molecule has 10 heteroatoms. The standard InChI is InChI=1S/C15H14F2N4O3S/c16-9-1-2-12(11(17)7-9)19-15(22)13-3-4-14(21-20-13)18-10-5-6-25(23,24)8-10/h1-4,7,10H,5-6,8H2,(H,18,21)(H,19,22). The van der Waals surface area contributed by atoms with Gasteiger partial charge < -0.3 is 10.6 Å². The van der Waals surface area contributed by atoms with Crippen molar-refractivity contribution in [1.29, 1.82) is 0 Å². The maximum atomic E-state index is 13.5. The number of carbonyl (C=O) groups excluding carboxylic acids is 1. The Hall–Kier alpha value is -2.62. The first kappa shape index (κ1) is 17.2. The molecule has 0 spiro atoms. The molecular weight excluding hydrogens is 354 g/mol. The van der Waals surface area contributed by atoms with Crippen molar-refractivity contribution >= 4 is 27.2 Å². The Morgan fingerprint density at radius 2 is 1.96 bits per heavy atom. The summed E-state index contributed by atoms with van der Waals surface area (Å²) in [5.74, 6) is -1.86. The molecule has 7 nitrogen and oxygen atoms in total. The number of nitrogens with one attached hydrogen (secondary N) is 2. The summed E-state index contributed by atoms with van der Waals surface area (Å²) in [4.78, 5) is 12.0. The SMILES string of the molecule is O=C(Nc1ccc(F)cc1F)c1ccc(NC2CCS(=O)(=O)C2)nn1. The fourth-order valence-corrected chi connectivity index (χ4v) is 4.10. The molecule has 0 radical (unpaired) electrons. The monoisotopic (exact) mass is 368 g/mol. The minimum atomic E-state index is -3.02. The molecule has 1 aliphatic rings. The fraction of sp³-hybridized carbons (Fsp3) is 0.267. The lowest BCUT2D eigenvalue weighted by Crippen LogP contribution is -2.22. The van der Waals surface area contributed by atoms with Crippen LogP contribution in [0.2, 0.25) is 0 Å². The van der Waals surface area contributed by atoms with Crippen LogP contribution in [0.15, 0.2) is 30.3 Å². The van der Waals surface area contributed by atoms with E-state index in [1.54, 1.807) is 0 Å². The summed E-state index contributed by atoms with van der Waals surface area (Å²) in [5.41, 5.74) is -0.236. The Balaban J connectivity index is 1.64. The highest BCUT2D eigenvalue weighted by molar-refractivity contribution is 7.91. The first-order valence-corrected chi connectivity index (χ1v) is 9.22. The summed E-state index contributed by atoms with van der Waals surface area (Å²) in [6.45, 7) is 0. The van der Waals surface area contributed by atoms with Gasteiger partial charge in [-0.05, 0) is 30.7 Å². The summed E-state index contributed by atoms with van der Waals surface area (Å²) in [7, 11) is -3.02. The molecule has 0 aliphatic carbocycles. The molecular formula is C15H14F2N4O3S. The third-order valence-electron chi connectivity index (χ3n) is 3.66. The van der Waals surface area contributed by atoms with E-state index < -0.39 is 27.4 Å². The molecule has 1 amide bonds. The first-order valence-electron chi connectivity index (χ1n) is 7.39. The van der Waals surface area contributed by atoms with Crippen molar-refractivity contribution in [1.82, 2.24) is 10.2 Å². The van der Waals surface area contributed by atoms with Crippen LogP contribution < -0.4 is 10.6 Å². The quantitative estimate of drug-likeness (QED) is 0.850. The molecule has 1 fully saturated rings. The number of halogens is 2. The number of hydrogen-bond acceptors (Lipinski definition) is 6. The molecule has 25 heavy (non-hydrogen) atoms. The van der Waals surface area contributed by atoms with E-state index in [0.29, 0.717) is 18.3 Å². The number of amides is 1. The van der Waals surface area contributed by atoms with Gasteiger partial charge in [-0.2, -0.15) is 0 Å². The number of benzene rings is 1. The predicted octanol–water partition coefficient (Wildman–Crippen LogP) is 1.61. The average Bonchev–Trinajstić information content (AvgIpc) is 2.89. The highest BCUT2D eigenvalue weighted by atomic mass is 32.2. The summed E-state index contributed by atoms with van der Waals surface area (Å²) in [6, 6.07) is 5.39. The Kier molecular flexibility index (Phi) is 4.62. The van der Waals surface area contributed by atoms with Crippen LogP contribution >= 0.6 is 0 Å². The number of sulfone groups is 1. The van der Waals surface area contributed by atoms with E-state index >= 15 is 0 Å². The van der Waals surface area contributed by atoms with Crippen LogP contribution in [0.4, 0.5) is 20.3 Å². The largest absolute Gasteiger partial charge is 0.365 e. The number of carbonyl (C=O) groups is 1. The van der Waals surface area contributed by atoms with Crippen molar-refractivity contribution < 1.29 is 22.0 Å². The van der Waals surface area contributed by atoms with E-state index in [2.05, 4.69) is 20.8 Å². The minimum Gasteiger partial charge on any atom is -0.365 e. The number of aromatic nitrogens is 2. The molecule has 2 aromatic rings. The van der Waals surface area contributed by atoms with Crippen LogP contribution in [-0.4, -0.2) is 42.1 Å². The van der Waals surface area contributed by atoms with E-state index in [4.69, 9.17) is 0 Å². The minimum absolute atomic E-state index is 0.0285. The van der Waals surface area contributed by atoms with Gasteiger partial charge in [0.1, 0.15) is 17.5 Å². The van der Waals surface area contributed by atoms with Crippen molar-refractivity contribution in [3.8, 4) is 0 Å². The van der Waals surface area contributed by atoms with Crippen LogP contribution in [0.25, 0.3) is 0 Å². The molecule has 1 aliphatic heterocycles. The molecule has 1 aromatic carbocycles. The molecule has 3 rings (SSSR count).